The molecule has 3 rings (SSSR count). The molecule has 1 aliphatic heterocycles. The van der Waals surface area contributed by atoms with E-state index < -0.39 is 0 Å². The molecular formula is C15H23NOS. The summed E-state index contributed by atoms with van der Waals surface area (Å²) in [6.45, 7) is 4.26. The van der Waals surface area contributed by atoms with E-state index in [9.17, 15) is 0 Å². The topological polar surface area (TPSA) is 21.3 Å². The Hall–Kier alpha value is -0.380. The van der Waals surface area contributed by atoms with Gasteiger partial charge in [-0.25, -0.2) is 0 Å². The Morgan fingerprint density at radius 1 is 1.33 bits per heavy atom. The van der Waals surface area contributed by atoms with Crippen molar-refractivity contribution in [3.05, 3.63) is 21.9 Å². The van der Waals surface area contributed by atoms with Gasteiger partial charge in [0.15, 0.2) is 0 Å². The molecule has 0 amide bonds. The van der Waals surface area contributed by atoms with E-state index in [2.05, 4.69) is 23.7 Å². The molecule has 3 heteroatoms. The van der Waals surface area contributed by atoms with Gasteiger partial charge in [0, 0.05) is 30.2 Å². The maximum absolute atomic E-state index is 5.46. The second-order valence-electron chi connectivity index (χ2n) is 5.65. The molecule has 2 heterocycles. The molecule has 1 aromatic rings. The molecule has 1 saturated heterocycles. The maximum atomic E-state index is 5.46. The third-order valence-electron chi connectivity index (χ3n) is 4.49. The van der Waals surface area contributed by atoms with Crippen molar-refractivity contribution in [2.45, 2.75) is 51.1 Å². The van der Waals surface area contributed by atoms with Gasteiger partial charge in [-0.2, -0.15) is 0 Å². The highest BCUT2D eigenvalue weighted by molar-refractivity contribution is 7.10. The molecule has 1 aliphatic carbocycles. The molecule has 18 heavy (non-hydrogen) atoms. The predicted octanol–water partition coefficient (Wildman–Crippen LogP) is 3.53. The number of hydrogen-bond acceptors (Lipinski definition) is 3. The van der Waals surface area contributed by atoms with E-state index >= 15 is 0 Å². The summed E-state index contributed by atoms with van der Waals surface area (Å²) in [5.74, 6) is 0.794. The van der Waals surface area contributed by atoms with Gasteiger partial charge in [0.25, 0.3) is 0 Å². The molecule has 2 atom stereocenters. The average Bonchev–Trinajstić information content (AvgIpc) is 2.89. The van der Waals surface area contributed by atoms with Crippen LogP contribution in [0.1, 0.15) is 49.1 Å². The van der Waals surface area contributed by atoms with E-state index in [1.807, 2.05) is 11.3 Å². The molecule has 2 aliphatic rings. The van der Waals surface area contributed by atoms with E-state index in [-0.39, 0.29) is 0 Å². The summed E-state index contributed by atoms with van der Waals surface area (Å²) in [6.07, 6.45) is 6.37. The molecule has 1 N–H and O–H groups in total. The molecule has 1 fully saturated rings. The van der Waals surface area contributed by atoms with Crippen LogP contribution in [-0.4, -0.2) is 19.3 Å². The lowest BCUT2D eigenvalue weighted by Gasteiger charge is -2.33. The van der Waals surface area contributed by atoms with Crippen molar-refractivity contribution in [2.24, 2.45) is 5.92 Å². The Balaban J connectivity index is 1.63. The number of fused-ring (bicyclic) bond motifs is 1. The first kappa shape index (κ1) is 12.6. The van der Waals surface area contributed by atoms with Gasteiger partial charge < -0.3 is 10.1 Å². The number of aryl methyl sites for hydroxylation is 1. The van der Waals surface area contributed by atoms with E-state index in [0.717, 1.165) is 19.1 Å². The van der Waals surface area contributed by atoms with E-state index in [1.165, 1.54) is 32.1 Å². The molecule has 0 bridgehead atoms. The first-order valence-corrected chi connectivity index (χ1v) is 8.12. The SMILES string of the molecule is CC(NC1CCCc2sccc21)C1CCOCC1. The summed E-state index contributed by atoms with van der Waals surface area (Å²) in [7, 11) is 0. The van der Waals surface area contributed by atoms with Crippen LogP contribution in [-0.2, 0) is 11.2 Å². The molecule has 2 unspecified atom stereocenters. The van der Waals surface area contributed by atoms with Gasteiger partial charge >= 0.3 is 0 Å². The standard InChI is InChI=1S/C15H23NOS/c1-11(12-5-8-17-9-6-12)16-14-3-2-4-15-13(14)7-10-18-15/h7,10-12,14,16H,2-6,8-9H2,1H3. The lowest BCUT2D eigenvalue weighted by atomic mass is 9.89. The fraction of sp³-hybridized carbons (Fsp3) is 0.733. The number of hydrogen-bond donors (Lipinski definition) is 1. The lowest BCUT2D eigenvalue weighted by molar-refractivity contribution is 0.0540. The Morgan fingerprint density at radius 2 is 2.17 bits per heavy atom. The Morgan fingerprint density at radius 3 is 3.00 bits per heavy atom. The summed E-state index contributed by atoms with van der Waals surface area (Å²) in [4.78, 5) is 1.61. The smallest absolute Gasteiger partial charge is 0.0469 e. The Labute approximate surface area is 114 Å². The number of ether oxygens (including phenoxy) is 1. The molecular weight excluding hydrogens is 242 g/mol. The number of nitrogens with one attached hydrogen (secondary N) is 1. The third-order valence-corrected chi connectivity index (χ3v) is 5.49. The average molecular weight is 265 g/mol. The van der Waals surface area contributed by atoms with Crippen molar-refractivity contribution in [1.29, 1.82) is 0 Å². The highest BCUT2D eigenvalue weighted by Gasteiger charge is 2.26. The zero-order chi connectivity index (χ0) is 12.4. The van der Waals surface area contributed by atoms with Crippen LogP contribution in [0.2, 0.25) is 0 Å². The van der Waals surface area contributed by atoms with Crippen LogP contribution in [0, 0.1) is 5.92 Å². The summed E-state index contributed by atoms with van der Waals surface area (Å²) >= 11 is 1.93. The molecule has 2 nitrogen and oxygen atoms in total. The van der Waals surface area contributed by atoms with Crippen molar-refractivity contribution in [1.82, 2.24) is 5.32 Å². The van der Waals surface area contributed by atoms with Crippen LogP contribution in [0.5, 0.6) is 0 Å². The highest BCUT2D eigenvalue weighted by atomic mass is 32.1. The van der Waals surface area contributed by atoms with Gasteiger partial charge in [0.05, 0.1) is 0 Å². The van der Waals surface area contributed by atoms with Crippen LogP contribution in [0.15, 0.2) is 11.4 Å². The molecule has 0 aromatic carbocycles. The summed E-state index contributed by atoms with van der Waals surface area (Å²) in [5.41, 5.74) is 1.57. The Bertz CT molecular complexity index is 384. The van der Waals surface area contributed by atoms with Crippen molar-refractivity contribution in [3.8, 4) is 0 Å². The summed E-state index contributed by atoms with van der Waals surface area (Å²) in [6, 6.07) is 3.54. The first-order chi connectivity index (χ1) is 8.84. The van der Waals surface area contributed by atoms with Crippen LogP contribution in [0.4, 0.5) is 0 Å². The minimum atomic E-state index is 0.595. The van der Waals surface area contributed by atoms with Crippen molar-refractivity contribution < 1.29 is 4.74 Å². The maximum Gasteiger partial charge on any atom is 0.0469 e. The first-order valence-electron chi connectivity index (χ1n) is 7.24. The number of thiophene rings is 1. The molecule has 100 valence electrons. The van der Waals surface area contributed by atoms with Gasteiger partial charge in [-0.05, 0) is 62.0 Å². The predicted molar refractivity (Wildman–Crippen MR) is 76.1 cm³/mol. The third kappa shape index (κ3) is 2.63. The number of rotatable bonds is 3. The van der Waals surface area contributed by atoms with Gasteiger partial charge in [0.1, 0.15) is 0 Å². The van der Waals surface area contributed by atoms with Gasteiger partial charge in [0.2, 0.25) is 0 Å². The largest absolute Gasteiger partial charge is 0.381 e. The minimum Gasteiger partial charge on any atom is -0.381 e. The fourth-order valence-electron chi connectivity index (χ4n) is 3.33. The van der Waals surface area contributed by atoms with Gasteiger partial charge in [-0.1, -0.05) is 0 Å². The minimum absolute atomic E-state index is 0.595. The van der Waals surface area contributed by atoms with E-state index in [4.69, 9.17) is 4.74 Å². The van der Waals surface area contributed by atoms with Crippen molar-refractivity contribution in [2.75, 3.05) is 13.2 Å². The summed E-state index contributed by atoms with van der Waals surface area (Å²) in [5, 5.41) is 6.14. The van der Waals surface area contributed by atoms with Crippen LogP contribution in [0.25, 0.3) is 0 Å². The molecule has 0 saturated carbocycles. The molecule has 0 spiro atoms. The van der Waals surface area contributed by atoms with Gasteiger partial charge in [-0.15, -0.1) is 11.3 Å². The van der Waals surface area contributed by atoms with Gasteiger partial charge in [-0.3, -0.25) is 0 Å². The second-order valence-corrected chi connectivity index (χ2v) is 6.65. The quantitative estimate of drug-likeness (QED) is 0.902. The normalized spacial score (nSPS) is 26.8. The second kappa shape index (κ2) is 5.72. The fourth-order valence-corrected chi connectivity index (χ4v) is 4.32. The Kier molecular flexibility index (Phi) is 4.02. The molecule has 0 radical (unpaired) electrons. The summed E-state index contributed by atoms with van der Waals surface area (Å²) < 4.78 is 5.46. The van der Waals surface area contributed by atoms with Crippen molar-refractivity contribution >= 4 is 11.3 Å². The van der Waals surface area contributed by atoms with Crippen molar-refractivity contribution in [3.63, 3.8) is 0 Å². The van der Waals surface area contributed by atoms with Crippen LogP contribution in [0.3, 0.4) is 0 Å². The zero-order valence-corrected chi connectivity index (χ0v) is 12.0. The van der Waals surface area contributed by atoms with E-state index in [1.54, 1.807) is 10.4 Å². The lowest BCUT2D eigenvalue weighted by Crippen LogP contribution is -2.39. The zero-order valence-electron chi connectivity index (χ0n) is 11.2. The van der Waals surface area contributed by atoms with Crippen LogP contribution >= 0.6 is 11.3 Å². The highest BCUT2D eigenvalue weighted by Crippen LogP contribution is 2.34. The molecule has 1 aromatic heterocycles. The van der Waals surface area contributed by atoms with Crippen LogP contribution < -0.4 is 5.32 Å². The monoisotopic (exact) mass is 265 g/mol. The van der Waals surface area contributed by atoms with E-state index in [0.29, 0.717) is 12.1 Å².